The Bertz CT molecular complexity index is 1120. The minimum atomic E-state index is -5.05. The number of fused-ring (bicyclic) bond motifs is 1. The lowest BCUT2D eigenvalue weighted by Crippen LogP contribution is -2.18. The molecule has 1 saturated carbocycles. The molecular formula is C21H18F5N3O2. The maximum Gasteiger partial charge on any atom is 0.573 e. The molecule has 4 rings (SSSR count). The summed E-state index contributed by atoms with van der Waals surface area (Å²) in [6.07, 6.45) is 0.418. The Morgan fingerprint density at radius 2 is 1.90 bits per heavy atom. The van der Waals surface area contributed by atoms with E-state index in [9.17, 15) is 26.7 Å². The van der Waals surface area contributed by atoms with E-state index in [1.54, 1.807) is 0 Å². The molecule has 0 aliphatic heterocycles. The zero-order valence-corrected chi connectivity index (χ0v) is 16.2. The van der Waals surface area contributed by atoms with E-state index in [-0.39, 0.29) is 34.5 Å². The minimum Gasteiger partial charge on any atom is -0.403 e. The Labute approximate surface area is 173 Å². The molecule has 0 bridgehead atoms. The molecule has 3 aromatic rings. The first kappa shape index (κ1) is 21.1. The van der Waals surface area contributed by atoms with Crippen molar-refractivity contribution in [2.75, 3.05) is 5.32 Å². The number of nitrogens with zero attached hydrogens (tertiary/aromatic N) is 2. The first-order valence-electron chi connectivity index (χ1n) is 9.73. The van der Waals surface area contributed by atoms with Crippen LogP contribution in [0.25, 0.3) is 16.9 Å². The number of carbonyl (C=O) groups is 1. The Kier molecular flexibility index (Phi) is 5.55. The van der Waals surface area contributed by atoms with Gasteiger partial charge in [-0.1, -0.05) is 12.8 Å². The fourth-order valence-electron chi connectivity index (χ4n) is 3.90. The summed E-state index contributed by atoms with van der Waals surface area (Å²) < 4.78 is 70.4. The second kappa shape index (κ2) is 8.16. The van der Waals surface area contributed by atoms with E-state index in [2.05, 4.69) is 15.0 Å². The number of anilines is 1. The molecule has 31 heavy (non-hydrogen) atoms. The van der Waals surface area contributed by atoms with Gasteiger partial charge in [-0.25, -0.2) is 13.8 Å². The van der Waals surface area contributed by atoms with E-state index < -0.39 is 23.7 Å². The van der Waals surface area contributed by atoms with Gasteiger partial charge >= 0.3 is 6.36 Å². The van der Waals surface area contributed by atoms with Crippen LogP contribution >= 0.6 is 0 Å². The van der Waals surface area contributed by atoms with Gasteiger partial charge in [0.25, 0.3) is 0 Å². The topological polar surface area (TPSA) is 55.6 Å². The number of hydrogen-bond acceptors (Lipinski definition) is 3. The number of imidazole rings is 1. The van der Waals surface area contributed by atoms with Crippen molar-refractivity contribution in [1.82, 2.24) is 9.38 Å². The summed E-state index contributed by atoms with van der Waals surface area (Å²) in [5.41, 5.74) is 0.525. The van der Waals surface area contributed by atoms with Gasteiger partial charge in [0.05, 0.1) is 5.69 Å². The molecule has 1 aliphatic rings. The highest BCUT2D eigenvalue weighted by molar-refractivity contribution is 5.94. The number of hydrogen-bond donors (Lipinski definition) is 1. The summed E-state index contributed by atoms with van der Waals surface area (Å²) >= 11 is 0. The second-order valence-corrected chi connectivity index (χ2v) is 7.48. The first-order chi connectivity index (χ1) is 14.7. The van der Waals surface area contributed by atoms with E-state index in [4.69, 9.17) is 0 Å². The van der Waals surface area contributed by atoms with Crippen molar-refractivity contribution in [2.45, 2.75) is 38.5 Å². The van der Waals surface area contributed by atoms with Crippen LogP contribution in [-0.2, 0) is 4.79 Å². The first-order valence-corrected chi connectivity index (χ1v) is 9.73. The highest BCUT2D eigenvalue weighted by atomic mass is 19.4. The van der Waals surface area contributed by atoms with E-state index in [0.717, 1.165) is 44.0 Å². The summed E-state index contributed by atoms with van der Waals surface area (Å²) in [6.45, 7) is 0. The molecule has 5 nitrogen and oxygen atoms in total. The van der Waals surface area contributed by atoms with Crippen LogP contribution in [-0.4, -0.2) is 21.7 Å². The Morgan fingerprint density at radius 3 is 2.58 bits per heavy atom. The zero-order valence-electron chi connectivity index (χ0n) is 16.2. The lowest BCUT2D eigenvalue weighted by Gasteiger charge is -2.12. The maximum absolute atomic E-state index is 14.3. The number of ether oxygens (including phenoxy) is 1. The number of halogens is 5. The van der Waals surface area contributed by atoms with Gasteiger partial charge in [0, 0.05) is 18.2 Å². The lowest BCUT2D eigenvalue weighted by atomic mass is 10.0. The predicted molar refractivity (Wildman–Crippen MR) is 102 cm³/mol. The number of rotatable bonds is 5. The molecular weight excluding hydrogens is 421 g/mol. The molecule has 0 unspecified atom stereocenters. The van der Waals surface area contributed by atoms with E-state index in [0.29, 0.717) is 6.42 Å². The van der Waals surface area contributed by atoms with Crippen molar-refractivity contribution in [2.24, 2.45) is 5.92 Å². The van der Waals surface area contributed by atoms with Crippen LogP contribution in [0.3, 0.4) is 0 Å². The highest BCUT2D eigenvalue weighted by Gasteiger charge is 2.32. The van der Waals surface area contributed by atoms with Crippen molar-refractivity contribution in [3.63, 3.8) is 0 Å². The van der Waals surface area contributed by atoms with Crippen LogP contribution in [0.5, 0.6) is 5.75 Å². The largest absolute Gasteiger partial charge is 0.573 e. The smallest absolute Gasteiger partial charge is 0.403 e. The summed E-state index contributed by atoms with van der Waals surface area (Å²) in [5, 5.41) is 2.69. The molecule has 0 spiro atoms. The van der Waals surface area contributed by atoms with Gasteiger partial charge in [-0.05, 0) is 49.1 Å². The number of nitrogens with one attached hydrogen (secondary N) is 1. The van der Waals surface area contributed by atoms with Crippen LogP contribution in [0, 0.1) is 17.6 Å². The van der Waals surface area contributed by atoms with Crippen molar-refractivity contribution >= 4 is 17.4 Å². The van der Waals surface area contributed by atoms with E-state index >= 15 is 0 Å². The number of aromatic nitrogens is 2. The van der Waals surface area contributed by atoms with Crippen LogP contribution < -0.4 is 10.1 Å². The van der Waals surface area contributed by atoms with Gasteiger partial charge in [-0.2, -0.15) is 0 Å². The van der Waals surface area contributed by atoms with Crippen LogP contribution in [0.2, 0.25) is 0 Å². The molecule has 1 aromatic carbocycles. The normalized spacial score (nSPS) is 14.9. The number of carbonyl (C=O) groups excluding carboxylic acids is 1. The van der Waals surface area contributed by atoms with E-state index in [1.807, 2.05) is 0 Å². The number of benzene rings is 1. The van der Waals surface area contributed by atoms with Gasteiger partial charge in [0.15, 0.2) is 17.4 Å². The predicted octanol–water partition coefficient (Wildman–Crippen LogP) is 5.70. The monoisotopic (exact) mass is 439 g/mol. The van der Waals surface area contributed by atoms with Gasteiger partial charge in [-0.15, -0.1) is 13.2 Å². The maximum atomic E-state index is 14.3. The molecule has 1 fully saturated rings. The molecule has 2 aromatic heterocycles. The molecule has 1 N–H and O–H groups in total. The molecule has 1 amide bonds. The van der Waals surface area contributed by atoms with Crippen molar-refractivity contribution < 1.29 is 31.5 Å². The van der Waals surface area contributed by atoms with Crippen LogP contribution in [0.4, 0.5) is 27.8 Å². The summed E-state index contributed by atoms with van der Waals surface area (Å²) in [5.74, 6) is -2.80. The van der Waals surface area contributed by atoms with Crippen molar-refractivity contribution in [1.29, 1.82) is 0 Å². The third-order valence-corrected chi connectivity index (χ3v) is 5.22. The van der Waals surface area contributed by atoms with E-state index in [1.165, 1.54) is 22.6 Å². The van der Waals surface area contributed by atoms with Crippen LogP contribution in [0.15, 0.2) is 36.5 Å². The van der Waals surface area contributed by atoms with Crippen LogP contribution in [0.1, 0.15) is 32.1 Å². The standard InChI is InChI=1S/C21H18F5N3O2/c22-14-6-8-17-27-20(28-18(30)9-12-3-1-2-4-12)19(29(17)11-14)13-5-7-16(15(23)10-13)31-21(24,25)26/h5-8,10-12H,1-4,9H2,(H,28,30). The fourth-order valence-corrected chi connectivity index (χ4v) is 3.90. The minimum absolute atomic E-state index is 0.0671. The van der Waals surface area contributed by atoms with Gasteiger partial charge in [0.2, 0.25) is 5.91 Å². The number of pyridine rings is 1. The Morgan fingerprint density at radius 1 is 1.16 bits per heavy atom. The summed E-state index contributed by atoms with van der Waals surface area (Å²) in [4.78, 5) is 16.8. The third-order valence-electron chi connectivity index (χ3n) is 5.22. The van der Waals surface area contributed by atoms with Gasteiger partial charge in [-0.3, -0.25) is 9.20 Å². The SMILES string of the molecule is O=C(CC1CCCC1)Nc1nc2ccc(F)cn2c1-c1ccc(OC(F)(F)F)c(F)c1. The quantitative estimate of drug-likeness (QED) is 0.519. The summed E-state index contributed by atoms with van der Waals surface area (Å²) in [7, 11) is 0. The molecule has 10 heteroatoms. The number of amides is 1. The molecule has 0 radical (unpaired) electrons. The highest BCUT2D eigenvalue weighted by Crippen LogP contribution is 2.34. The molecule has 1 aliphatic carbocycles. The fraction of sp³-hybridized carbons (Fsp3) is 0.333. The third kappa shape index (κ3) is 4.78. The van der Waals surface area contributed by atoms with Gasteiger partial charge < -0.3 is 10.1 Å². The number of alkyl halides is 3. The Hall–Kier alpha value is -3.17. The molecule has 164 valence electrons. The van der Waals surface area contributed by atoms with Crippen molar-refractivity contribution in [3.05, 3.63) is 48.2 Å². The van der Waals surface area contributed by atoms with Gasteiger partial charge in [0.1, 0.15) is 11.5 Å². The molecule has 2 heterocycles. The molecule has 0 atom stereocenters. The Balaban J connectivity index is 1.71. The summed E-state index contributed by atoms with van der Waals surface area (Å²) in [6, 6.07) is 5.38. The zero-order chi connectivity index (χ0) is 22.2. The lowest BCUT2D eigenvalue weighted by molar-refractivity contribution is -0.275. The molecule has 0 saturated heterocycles. The second-order valence-electron chi connectivity index (χ2n) is 7.48. The average Bonchev–Trinajstić information content (AvgIpc) is 3.29. The van der Waals surface area contributed by atoms with Crippen molar-refractivity contribution in [3.8, 4) is 17.0 Å². The average molecular weight is 439 g/mol.